The van der Waals surface area contributed by atoms with Gasteiger partial charge >= 0.3 is 0 Å². The third kappa shape index (κ3) is 4.49. The zero-order chi connectivity index (χ0) is 14.6. The lowest BCUT2D eigenvalue weighted by Crippen LogP contribution is -2.30. The van der Waals surface area contributed by atoms with Crippen molar-refractivity contribution in [3.63, 3.8) is 0 Å². The molecule has 0 aliphatic heterocycles. The van der Waals surface area contributed by atoms with Gasteiger partial charge in [-0.15, -0.1) is 0 Å². The first-order valence-corrected chi connectivity index (χ1v) is 7.00. The van der Waals surface area contributed by atoms with Crippen LogP contribution in [0.1, 0.15) is 34.1 Å². The predicted octanol–water partition coefficient (Wildman–Crippen LogP) is 3.58. The molecule has 0 bridgehead atoms. The van der Waals surface area contributed by atoms with Gasteiger partial charge in [0.25, 0.3) is 0 Å². The maximum atomic E-state index is 12.0. The summed E-state index contributed by atoms with van der Waals surface area (Å²) in [6.45, 7) is 7.56. The van der Waals surface area contributed by atoms with Gasteiger partial charge in [-0.25, -0.2) is 0 Å². The summed E-state index contributed by atoms with van der Waals surface area (Å²) >= 11 is 3.29. The molecule has 0 aromatic heterocycles. The number of carbonyl (C=O) groups is 1. The Morgan fingerprint density at radius 3 is 2.53 bits per heavy atom. The summed E-state index contributed by atoms with van der Waals surface area (Å²) in [5.41, 5.74) is 1.41. The largest absolute Gasteiger partial charge is 0.471 e. The first-order valence-electron chi connectivity index (χ1n) is 6.08. The number of halogens is 1. The molecule has 1 aliphatic carbocycles. The lowest BCUT2D eigenvalue weighted by atomic mass is 9.91. The van der Waals surface area contributed by atoms with Crippen LogP contribution in [0.25, 0.3) is 0 Å². The molecule has 1 atom stereocenters. The third-order valence-electron chi connectivity index (χ3n) is 2.68. The Kier molecular flexibility index (Phi) is 5.35. The van der Waals surface area contributed by atoms with E-state index in [9.17, 15) is 4.79 Å². The van der Waals surface area contributed by atoms with Crippen LogP contribution in [0.3, 0.4) is 0 Å². The number of rotatable bonds is 4. The van der Waals surface area contributed by atoms with E-state index in [1.807, 2.05) is 33.8 Å². The lowest BCUT2D eigenvalue weighted by molar-refractivity contribution is -0.131. The number of ketones is 1. The average molecular weight is 330 g/mol. The van der Waals surface area contributed by atoms with Crippen molar-refractivity contribution < 1.29 is 14.4 Å². The fourth-order valence-corrected chi connectivity index (χ4v) is 2.45. The summed E-state index contributed by atoms with van der Waals surface area (Å²) in [6, 6.07) is 0. The number of alkyl halides is 1. The molecule has 0 N–H and O–H groups in total. The van der Waals surface area contributed by atoms with Gasteiger partial charge in [-0.1, -0.05) is 25.9 Å². The lowest BCUT2D eigenvalue weighted by Gasteiger charge is -2.23. The van der Waals surface area contributed by atoms with Crippen LogP contribution in [0.15, 0.2) is 28.6 Å². The summed E-state index contributed by atoms with van der Waals surface area (Å²) < 4.78 is 5.68. The molecular weight excluding hydrogens is 310 g/mol. The summed E-state index contributed by atoms with van der Waals surface area (Å²) in [5, 5.41) is 3.25. The molecule has 4 nitrogen and oxygen atoms in total. The highest BCUT2D eigenvalue weighted by molar-refractivity contribution is 9.09. The Labute approximate surface area is 122 Å². The van der Waals surface area contributed by atoms with Crippen molar-refractivity contribution in [2.24, 2.45) is 10.6 Å². The molecule has 1 rings (SSSR count). The van der Waals surface area contributed by atoms with Crippen molar-refractivity contribution in [2.45, 2.75) is 39.1 Å². The van der Waals surface area contributed by atoms with Gasteiger partial charge in [0.1, 0.15) is 12.9 Å². The Morgan fingerprint density at radius 2 is 2.05 bits per heavy atom. The summed E-state index contributed by atoms with van der Waals surface area (Å²) in [4.78, 5) is 16.8. The minimum Gasteiger partial charge on any atom is -0.471 e. The Bertz CT molecular complexity index is 444. The Morgan fingerprint density at radius 1 is 1.42 bits per heavy atom. The highest BCUT2D eigenvalue weighted by atomic mass is 79.9. The molecule has 0 heterocycles. The molecule has 0 saturated carbocycles. The number of oxime groups is 1. The van der Waals surface area contributed by atoms with Gasteiger partial charge in [-0.05, 0) is 40.6 Å². The van der Waals surface area contributed by atoms with Crippen molar-refractivity contribution in [3.8, 4) is 0 Å². The fraction of sp³-hybridized carbons (Fsp3) is 0.571. The van der Waals surface area contributed by atoms with E-state index in [4.69, 9.17) is 9.57 Å². The van der Waals surface area contributed by atoms with Crippen LogP contribution < -0.4 is 0 Å². The van der Waals surface area contributed by atoms with Crippen LogP contribution >= 0.6 is 15.9 Å². The predicted molar refractivity (Wildman–Crippen MR) is 79.2 cm³/mol. The number of allylic oxidation sites excluding steroid dienone is 3. The van der Waals surface area contributed by atoms with E-state index >= 15 is 0 Å². The molecule has 0 radical (unpaired) electrons. The summed E-state index contributed by atoms with van der Waals surface area (Å²) in [5.74, 6) is 0.715. The zero-order valence-electron chi connectivity index (χ0n) is 12.0. The Balaban J connectivity index is 2.74. The zero-order valence-corrected chi connectivity index (χ0v) is 13.6. The van der Waals surface area contributed by atoms with Crippen molar-refractivity contribution in [1.82, 2.24) is 0 Å². The first-order chi connectivity index (χ1) is 8.75. The number of nitrogens with zero attached hydrogens (tertiary/aromatic N) is 1. The molecular formula is C14H20BrNO3. The van der Waals surface area contributed by atoms with E-state index in [1.165, 1.54) is 7.11 Å². The van der Waals surface area contributed by atoms with Gasteiger partial charge < -0.3 is 9.57 Å². The minimum absolute atomic E-state index is 0.0116. The second-order valence-electron chi connectivity index (χ2n) is 5.47. The van der Waals surface area contributed by atoms with E-state index in [1.54, 1.807) is 6.08 Å². The van der Waals surface area contributed by atoms with Crippen LogP contribution in [-0.2, 0) is 14.4 Å². The average Bonchev–Trinajstić information content (AvgIpc) is 2.30. The monoisotopic (exact) mass is 329 g/mol. The third-order valence-corrected chi connectivity index (χ3v) is 3.28. The molecule has 1 aliphatic rings. The van der Waals surface area contributed by atoms with E-state index in [2.05, 4.69) is 21.1 Å². The van der Waals surface area contributed by atoms with Crippen molar-refractivity contribution in [1.29, 1.82) is 0 Å². The van der Waals surface area contributed by atoms with Crippen LogP contribution in [-0.4, -0.2) is 23.6 Å². The highest BCUT2D eigenvalue weighted by Crippen LogP contribution is 2.26. The van der Waals surface area contributed by atoms with Crippen LogP contribution in [0.4, 0.5) is 0 Å². The molecule has 1 unspecified atom stereocenters. The number of Topliss-reactive ketones (excluding diaryl/α,β-unsaturated/α-hetero) is 1. The smallest absolute Gasteiger partial charge is 0.211 e. The second-order valence-corrected chi connectivity index (χ2v) is 6.30. The van der Waals surface area contributed by atoms with Gasteiger partial charge in [0.05, 0.1) is 5.71 Å². The van der Waals surface area contributed by atoms with Crippen molar-refractivity contribution in [3.05, 3.63) is 23.5 Å². The number of hydrogen-bond donors (Lipinski definition) is 0. The number of carbonyl (C=O) groups excluding carboxylic acids is 1. The normalized spacial score (nSPS) is 19.6. The molecule has 0 saturated heterocycles. The van der Waals surface area contributed by atoms with Crippen LogP contribution in [0.2, 0.25) is 0 Å². The second kappa shape index (κ2) is 6.37. The van der Waals surface area contributed by atoms with Gasteiger partial charge in [0.2, 0.25) is 5.01 Å². The fourth-order valence-electron chi connectivity index (χ4n) is 1.56. The maximum Gasteiger partial charge on any atom is 0.211 e. The number of ether oxygens (including phenoxy) is 1. The molecule has 5 heteroatoms. The van der Waals surface area contributed by atoms with Gasteiger partial charge in [-0.3, -0.25) is 4.79 Å². The first kappa shape index (κ1) is 16.0. The van der Waals surface area contributed by atoms with Crippen molar-refractivity contribution in [2.75, 3.05) is 7.11 Å². The van der Waals surface area contributed by atoms with Crippen molar-refractivity contribution >= 4 is 27.4 Å². The maximum absolute atomic E-state index is 12.0. The summed E-state index contributed by atoms with van der Waals surface area (Å²) in [6.07, 6.45) is 4.29. The van der Waals surface area contributed by atoms with E-state index < -0.39 is 10.4 Å². The van der Waals surface area contributed by atoms with Gasteiger partial charge in [-0.2, -0.15) is 0 Å². The van der Waals surface area contributed by atoms with Gasteiger partial charge in [0, 0.05) is 11.8 Å². The highest BCUT2D eigenvalue weighted by Gasteiger charge is 2.30. The topological polar surface area (TPSA) is 47.9 Å². The molecule has 0 fully saturated rings. The van der Waals surface area contributed by atoms with Crippen LogP contribution in [0.5, 0.6) is 0 Å². The molecule has 19 heavy (non-hydrogen) atoms. The standard InChI is InChI=1S/C14H20BrNO3/c1-9-8-10(16-18-5)6-7-11(9)19-13(15)12(17)14(2,3)4/h6-7,13H,8H2,1-5H3. The molecule has 0 amide bonds. The molecule has 0 aromatic rings. The van der Waals surface area contributed by atoms with E-state index in [0.717, 1.165) is 11.3 Å². The quantitative estimate of drug-likeness (QED) is 0.585. The Hall–Kier alpha value is -1.10. The summed E-state index contributed by atoms with van der Waals surface area (Å²) in [7, 11) is 1.52. The molecule has 0 aromatic carbocycles. The molecule has 106 valence electrons. The van der Waals surface area contributed by atoms with Crippen LogP contribution in [0, 0.1) is 5.41 Å². The number of hydrogen-bond acceptors (Lipinski definition) is 4. The van der Waals surface area contributed by atoms with Gasteiger partial charge in [0.15, 0.2) is 5.78 Å². The van der Waals surface area contributed by atoms with E-state index in [-0.39, 0.29) is 5.78 Å². The van der Waals surface area contributed by atoms with E-state index in [0.29, 0.717) is 12.2 Å². The molecule has 0 spiro atoms. The minimum atomic E-state index is -0.636. The SMILES string of the molecule is CON=C1C=CC(OC(Br)C(=O)C(C)(C)C)=C(C)C1.